The lowest BCUT2D eigenvalue weighted by Gasteiger charge is -2.22. The number of para-hydroxylation sites is 1. The van der Waals surface area contributed by atoms with Gasteiger partial charge in [-0.15, -0.1) is 11.8 Å². The third kappa shape index (κ3) is 4.75. The summed E-state index contributed by atoms with van der Waals surface area (Å²) in [6.07, 6.45) is 3.01. The number of carbonyl (C=O) groups excluding carboxylic acids is 1. The van der Waals surface area contributed by atoms with Gasteiger partial charge in [0.15, 0.2) is 0 Å². The Morgan fingerprint density at radius 2 is 1.75 bits per heavy atom. The zero-order valence-electron chi connectivity index (χ0n) is 13.8. The summed E-state index contributed by atoms with van der Waals surface area (Å²) in [5.41, 5.74) is 2.16. The molecule has 0 fully saturated rings. The molecule has 0 aliphatic rings. The van der Waals surface area contributed by atoms with Crippen molar-refractivity contribution in [3.63, 3.8) is 0 Å². The summed E-state index contributed by atoms with van der Waals surface area (Å²) in [5.74, 6) is -0.387. The largest absolute Gasteiger partial charge is 0.323 e. The van der Waals surface area contributed by atoms with E-state index in [1.807, 2.05) is 43.5 Å². The minimum Gasteiger partial charge on any atom is -0.323 e. The number of sulfonamides is 1. The predicted octanol–water partition coefficient (Wildman–Crippen LogP) is 3.12. The van der Waals surface area contributed by atoms with E-state index in [1.54, 1.807) is 18.2 Å². The van der Waals surface area contributed by atoms with E-state index in [1.165, 1.54) is 11.8 Å². The maximum atomic E-state index is 12.4. The Labute approximate surface area is 147 Å². The number of rotatable bonds is 6. The number of hydrogen-bond donors (Lipinski definition) is 1. The molecule has 1 N–H and O–H groups in total. The average Bonchev–Trinajstić information content (AvgIpc) is 2.53. The molecule has 0 heterocycles. The van der Waals surface area contributed by atoms with E-state index < -0.39 is 10.0 Å². The Morgan fingerprint density at radius 1 is 1.12 bits per heavy atom. The van der Waals surface area contributed by atoms with Crippen LogP contribution in [-0.2, 0) is 14.8 Å². The zero-order chi connectivity index (χ0) is 17.7. The smallest absolute Gasteiger partial charge is 0.245 e. The van der Waals surface area contributed by atoms with E-state index >= 15 is 0 Å². The van der Waals surface area contributed by atoms with Crippen molar-refractivity contribution in [2.75, 3.05) is 28.7 Å². The molecule has 2 rings (SSSR count). The molecule has 24 heavy (non-hydrogen) atoms. The second kappa shape index (κ2) is 7.72. The van der Waals surface area contributed by atoms with Crippen molar-refractivity contribution in [1.29, 1.82) is 0 Å². The van der Waals surface area contributed by atoms with Crippen LogP contribution < -0.4 is 9.62 Å². The van der Waals surface area contributed by atoms with Crippen molar-refractivity contribution in [2.45, 2.75) is 11.8 Å². The topological polar surface area (TPSA) is 66.5 Å². The van der Waals surface area contributed by atoms with Crippen LogP contribution in [0, 0.1) is 6.92 Å². The minimum atomic E-state index is -3.57. The molecule has 0 aliphatic heterocycles. The van der Waals surface area contributed by atoms with Gasteiger partial charge in [0, 0.05) is 4.90 Å². The molecule has 0 aliphatic carbocycles. The van der Waals surface area contributed by atoms with Crippen molar-refractivity contribution < 1.29 is 13.2 Å². The molecular weight excluding hydrogens is 344 g/mol. The lowest BCUT2D eigenvalue weighted by atomic mass is 10.2. The van der Waals surface area contributed by atoms with Crippen LogP contribution in [0.3, 0.4) is 0 Å². The minimum absolute atomic E-state index is 0.273. The zero-order valence-corrected chi connectivity index (χ0v) is 15.4. The van der Waals surface area contributed by atoms with Crippen molar-refractivity contribution in [3.8, 4) is 0 Å². The van der Waals surface area contributed by atoms with E-state index in [0.717, 1.165) is 21.0 Å². The van der Waals surface area contributed by atoms with Crippen LogP contribution in [0.25, 0.3) is 0 Å². The number of anilines is 2. The molecule has 0 bridgehead atoms. The van der Waals surface area contributed by atoms with E-state index in [-0.39, 0.29) is 12.5 Å². The van der Waals surface area contributed by atoms with Gasteiger partial charge in [0.05, 0.1) is 17.6 Å². The van der Waals surface area contributed by atoms with Gasteiger partial charge >= 0.3 is 0 Å². The van der Waals surface area contributed by atoms with Gasteiger partial charge < -0.3 is 5.32 Å². The fourth-order valence-corrected chi connectivity index (χ4v) is 3.59. The maximum absolute atomic E-state index is 12.4. The highest BCUT2D eigenvalue weighted by Gasteiger charge is 2.21. The molecule has 2 aromatic rings. The van der Waals surface area contributed by atoms with Gasteiger partial charge in [-0.3, -0.25) is 9.10 Å². The van der Waals surface area contributed by atoms with Crippen molar-refractivity contribution >= 4 is 39.1 Å². The molecule has 0 saturated carbocycles. The van der Waals surface area contributed by atoms with Gasteiger partial charge in [-0.05, 0) is 37.4 Å². The Balaban J connectivity index is 2.21. The fourth-order valence-electron chi connectivity index (χ4n) is 2.18. The summed E-state index contributed by atoms with van der Waals surface area (Å²) < 4.78 is 25.2. The summed E-state index contributed by atoms with van der Waals surface area (Å²) in [4.78, 5) is 13.3. The Morgan fingerprint density at radius 3 is 2.33 bits per heavy atom. The average molecular weight is 364 g/mol. The lowest BCUT2D eigenvalue weighted by Crippen LogP contribution is -2.37. The standard InChI is InChI=1S/C17H20N2O3S2/c1-13-8-10-14(11-9-13)19(24(3,21)22)12-17(20)18-15-6-4-5-7-16(15)23-2/h4-11H,12H2,1-3H3,(H,18,20). The number of nitrogens with zero attached hydrogens (tertiary/aromatic N) is 1. The molecule has 0 aromatic heterocycles. The first-order valence-electron chi connectivity index (χ1n) is 7.28. The van der Waals surface area contributed by atoms with Gasteiger partial charge in [-0.1, -0.05) is 29.8 Å². The van der Waals surface area contributed by atoms with Crippen molar-refractivity contribution in [2.24, 2.45) is 0 Å². The molecule has 128 valence electrons. The van der Waals surface area contributed by atoms with E-state index in [0.29, 0.717) is 11.4 Å². The Bertz CT molecular complexity index is 818. The first-order valence-corrected chi connectivity index (χ1v) is 10.4. The van der Waals surface area contributed by atoms with E-state index in [2.05, 4.69) is 5.32 Å². The normalized spacial score (nSPS) is 11.1. The first kappa shape index (κ1) is 18.4. The highest BCUT2D eigenvalue weighted by molar-refractivity contribution is 7.98. The third-order valence-electron chi connectivity index (χ3n) is 3.39. The van der Waals surface area contributed by atoms with Crippen molar-refractivity contribution in [1.82, 2.24) is 0 Å². The molecule has 7 heteroatoms. The van der Waals surface area contributed by atoms with Crippen LogP contribution in [0.5, 0.6) is 0 Å². The number of carbonyl (C=O) groups is 1. The van der Waals surface area contributed by atoms with Crippen LogP contribution in [0.4, 0.5) is 11.4 Å². The highest BCUT2D eigenvalue weighted by Crippen LogP contribution is 2.25. The number of nitrogens with one attached hydrogen (secondary N) is 1. The van der Waals surface area contributed by atoms with Gasteiger partial charge in [0.1, 0.15) is 6.54 Å². The SMILES string of the molecule is CSc1ccccc1NC(=O)CN(c1ccc(C)cc1)S(C)(=O)=O. The van der Waals surface area contributed by atoms with Gasteiger partial charge in [0.2, 0.25) is 15.9 Å². The van der Waals surface area contributed by atoms with Crippen LogP contribution in [0.1, 0.15) is 5.56 Å². The molecule has 0 atom stereocenters. The fraction of sp³-hybridized carbons (Fsp3) is 0.235. The van der Waals surface area contributed by atoms with Gasteiger partial charge in [-0.25, -0.2) is 8.42 Å². The van der Waals surface area contributed by atoms with E-state index in [4.69, 9.17) is 0 Å². The molecule has 2 aromatic carbocycles. The summed E-state index contributed by atoms with van der Waals surface area (Å²) in [6, 6.07) is 14.4. The Kier molecular flexibility index (Phi) is 5.90. The summed E-state index contributed by atoms with van der Waals surface area (Å²) in [6.45, 7) is 1.64. The van der Waals surface area contributed by atoms with Crippen LogP contribution in [0.2, 0.25) is 0 Å². The highest BCUT2D eigenvalue weighted by atomic mass is 32.2. The molecule has 0 unspecified atom stereocenters. The first-order chi connectivity index (χ1) is 11.3. The summed E-state index contributed by atoms with van der Waals surface area (Å²) >= 11 is 1.51. The van der Waals surface area contributed by atoms with E-state index in [9.17, 15) is 13.2 Å². The van der Waals surface area contributed by atoms with Gasteiger partial charge in [0.25, 0.3) is 0 Å². The number of thioether (sulfide) groups is 1. The molecule has 0 saturated heterocycles. The number of aryl methyl sites for hydroxylation is 1. The predicted molar refractivity (Wildman–Crippen MR) is 100 cm³/mol. The van der Waals surface area contributed by atoms with Crippen LogP contribution >= 0.6 is 11.8 Å². The summed E-state index contributed by atoms with van der Waals surface area (Å²) in [5, 5.41) is 2.78. The Hall–Kier alpha value is -1.99. The molecule has 0 spiro atoms. The van der Waals surface area contributed by atoms with Crippen LogP contribution in [-0.4, -0.2) is 33.4 Å². The molecule has 0 radical (unpaired) electrons. The molecule has 5 nitrogen and oxygen atoms in total. The second-order valence-corrected chi connectivity index (χ2v) is 8.11. The van der Waals surface area contributed by atoms with Gasteiger partial charge in [-0.2, -0.15) is 0 Å². The van der Waals surface area contributed by atoms with Crippen molar-refractivity contribution in [3.05, 3.63) is 54.1 Å². The van der Waals surface area contributed by atoms with Crippen LogP contribution in [0.15, 0.2) is 53.4 Å². The molecular formula is C17H20N2O3S2. The number of hydrogen-bond acceptors (Lipinski definition) is 4. The quantitative estimate of drug-likeness (QED) is 0.800. The number of amides is 1. The lowest BCUT2D eigenvalue weighted by molar-refractivity contribution is -0.114. The number of benzene rings is 2. The maximum Gasteiger partial charge on any atom is 0.245 e. The molecule has 1 amide bonds. The monoisotopic (exact) mass is 364 g/mol. The third-order valence-corrected chi connectivity index (χ3v) is 5.33. The second-order valence-electron chi connectivity index (χ2n) is 5.35. The summed E-state index contributed by atoms with van der Waals surface area (Å²) in [7, 11) is -3.57.